The predicted octanol–water partition coefficient (Wildman–Crippen LogP) is 3.94. The molecule has 0 heterocycles. The van der Waals surface area contributed by atoms with Crippen molar-refractivity contribution in [3.63, 3.8) is 0 Å². The summed E-state index contributed by atoms with van der Waals surface area (Å²) in [5.41, 5.74) is 0.819. The Labute approximate surface area is 125 Å². The van der Waals surface area contributed by atoms with Crippen LogP contribution >= 0.6 is 11.6 Å². The SMILES string of the molecule is Cc1ccc(Cl)c(OCC(=O)Nc2ccc(F)cc2F)c1. The van der Waals surface area contributed by atoms with E-state index in [1.165, 1.54) is 0 Å². The first-order valence-electron chi connectivity index (χ1n) is 6.09. The van der Waals surface area contributed by atoms with E-state index in [4.69, 9.17) is 16.3 Å². The number of anilines is 1. The van der Waals surface area contributed by atoms with Crippen LogP contribution in [-0.4, -0.2) is 12.5 Å². The maximum absolute atomic E-state index is 13.4. The van der Waals surface area contributed by atoms with Gasteiger partial charge in [-0.25, -0.2) is 8.78 Å². The lowest BCUT2D eigenvalue weighted by Crippen LogP contribution is -2.21. The minimum Gasteiger partial charge on any atom is -0.482 e. The lowest BCUT2D eigenvalue weighted by Gasteiger charge is -2.10. The highest BCUT2D eigenvalue weighted by Gasteiger charge is 2.10. The lowest BCUT2D eigenvalue weighted by atomic mass is 10.2. The van der Waals surface area contributed by atoms with Crippen LogP contribution in [0.3, 0.4) is 0 Å². The molecule has 0 unspecified atom stereocenters. The zero-order chi connectivity index (χ0) is 15.4. The maximum Gasteiger partial charge on any atom is 0.262 e. The van der Waals surface area contributed by atoms with Crippen LogP contribution in [0.5, 0.6) is 5.75 Å². The third kappa shape index (κ3) is 4.16. The van der Waals surface area contributed by atoms with Gasteiger partial charge in [-0.15, -0.1) is 0 Å². The van der Waals surface area contributed by atoms with Crippen molar-refractivity contribution in [2.75, 3.05) is 11.9 Å². The van der Waals surface area contributed by atoms with Gasteiger partial charge in [-0.05, 0) is 36.8 Å². The van der Waals surface area contributed by atoms with Crippen LogP contribution in [0.4, 0.5) is 14.5 Å². The third-order valence-electron chi connectivity index (χ3n) is 2.65. The zero-order valence-electron chi connectivity index (χ0n) is 11.1. The Balaban J connectivity index is 1.97. The Morgan fingerprint density at radius 1 is 1.24 bits per heavy atom. The molecule has 1 N–H and O–H groups in total. The number of hydrogen-bond acceptors (Lipinski definition) is 2. The summed E-state index contributed by atoms with van der Waals surface area (Å²) in [4.78, 5) is 11.7. The van der Waals surface area contributed by atoms with Crippen LogP contribution < -0.4 is 10.1 Å². The molecule has 2 rings (SSSR count). The molecule has 21 heavy (non-hydrogen) atoms. The summed E-state index contributed by atoms with van der Waals surface area (Å²) in [6.07, 6.45) is 0. The van der Waals surface area contributed by atoms with Crippen molar-refractivity contribution in [1.29, 1.82) is 0 Å². The number of benzene rings is 2. The van der Waals surface area contributed by atoms with Gasteiger partial charge in [0, 0.05) is 6.07 Å². The molecule has 0 aliphatic rings. The summed E-state index contributed by atoms with van der Waals surface area (Å²) in [6.45, 7) is 1.52. The Morgan fingerprint density at radius 2 is 2.00 bits per heavy atom. The molecular formula is C15H12ClF2NO2. The number of halogens is 3. The number of carbonyl (C=O) groups excluding carboxylic acids is 1. The molecule has 0 aromatic heterocycles. The van der Waals surface area contributed by atoms with Crippen LogP contribution in [0.1, 0.15) is 5.56 Å². The van der Waals surface area contributed by atoms with Gasteiger partial charge in [0.1, 0.15) is 17.4 Å². The molecule has 3 nitrogen and oxygen atoms in total. The molecule has 2 aromatic rings. The molecule has 1 amide bonds. The molecule has 0 aliphatic carbocycles. The minimum absolute atomic E-state index is 0.111. The molecule has 0 radical (unpaired) electrons. The van der Waals surface area contributed by atoms with Crippen molar-refractivity contribution in [3.8, 4) is 5.75 Å². The summed E-state index contributed by atoms with van der Waals surface area (Å²) >= 11 is 5.92. The fourth-order valence-electron chi connectivity index (χ4n) is 1.64. The second kappa shape index (κ2) is 6.54. The predicted molar refractivity (Wildman–Crippen MR) is 76.7 cm³/mol. The van der Waals surface area contributed by atoms with E-state index in [9.17, 15) is 13.6 Å². The molecule has 2 aromatic carbocycles. The van der Waals surface area contributed by atoms with E-state index in [1.54, 1.807) is 12.1 Å². The van der Waals surface area contributed by atoms with E-state index in [2.05, 4.69) is 5.32 Å². The van der Waals surface area contributed by atoms with Crippen LogP contribution in [0.2, 0.25) is 5.02 Å². The van der Waals surface area contributed by atoms with E-state index in [-0.39, 0.29) is 12.3 Å². The van der Waals surface area contributed by atoms with Crippen molar-refractivity contribution in [1.82, 2.24) is 0 Å². The summed E-state index contributed by atoms with van der Waals surface area (Å²) in [5, 5.41) is 2.67. The highest BCUT2D eigenvalue weighted by Crippen LogP contribution is 2.25. The quantitative estimate of drug-likeness (QED) is 0.928. The van der Waals surface area contributed by atoms with Crippen LogP contribution in [0.25, 0.3) is 0 Å². The van der Waals surface area contributed by atoms with Gasteiger partial charge in [0.25, 0.3) is 5.91 Å². The Hall–Kier alpha value is -2.14. The van der Waals surface area contributed by atoms with Crippen molar-refractivity contribution < 1.29 is 18.3 Å². The molecule has 0 spiro atoms. The second-order valence-electron chi connectivity index (χ2n) is 4.39. The van der Waals surface area contributed by atoms with Gasteiger partial charge < -0.3 is 10.1 Å². The standard InChI is InChI=1S/C15H12ClF2NO2/c1-9-2-4-11(16)14(6-9)21-8-15(20)19-13-5-3-10(17)7-12(13)18/h2-7H,8H2,1H3,(H,19,20). The topological polar surface area (TPSA) is 38.3 Å². The largest absolute Gasteiger partial charge is 0.482 e. The van der Waals surface area contributed by atoms with Gasteiger partial charge in [0.15, 0.2) is 6.61 Å². The third-order valence-corrected chi connectivity index (χ3v) is 2.96. The normalized spacial score (nSPS) is 10.3. The average Bonchev–Trinajstić information content (AvgIpc) is 2.43. The van der Waals surface area contributed by atoms with Crippen molar-refractivity contribution in [2.24, 2.45) is 0 Å². The number of amides is 1. The number of ether oxygens (including phenoxy) is 1. The molecular weight excluding hydrogens is 300 g/mol. The first-order valence-corrected chi connectivity index (χ1v) is 6.47. The highest BCUT2D eigenvalue weighted by molar-refractivity contribution is 6.32. The fraction of sp³-hybridized carbons (Fsp3) is 0.133. The van der Waals surface area contributed by atoms with Crippen LogP contribution in [-0.2, 0) is 4.79 Å². The number of carbonyl (C=O) groups is 1. The average molecular weight is 312 g/mol. The number of aryl methyl sites for hydroxylation is 1. The second-order valence-corrected chi connectivity index (χ2v) is 4.80. The van der Waals surface area contributed by atoms with Gasteiger partial charge >= 0.3 is 0 Å². The molecule has 110 valence electrons. The molecule has 6 heteroatoms. The van der Waals surface area contributed by atoms with E-state index in [0.717, 1.165) is 17.7 Å². The summed E-state index contributed by atoms with van der Waals surface area (Å²) < 4.78 is 31.4. The summed E-state index contributed by atoms with van der Waals surface area (Å²) in [7, 11) is 0. The fourth-order valence-corrected chi connectivity index (χ4v) is 1.81. The smallest absolute Gasteiger partial charge is 0.262 e. The first kappa shape index (κ1) is 15.3. The Morgan fingerprint density at radius 3 is 2.71 bits per heavy atom. The van der Waals surface area contributed by atoms with Gasteiger partial charge in [0.05, 0.1) is 10.7 Å². The molecule has 0 saturated carbocycles. The van der Waals surface area contributed by atoms with Crippen LogP contribution in [0.15, 0.2) is 36.4 Å². The maximum atomic E-state index is 13.4. The van der Waals surface area contributed by atoms with E-state index in [1.807, 2.05) is 13.0 Å². The van der Waals surface area contributed by atoms with Gasteiger partial charge in [-0.1, -0.05) is 17.7 Å². The zero-order valence-corrected chi connectivity index (χ0v) is 11.9. The summed E-state index contributed by atoms with van der Waals surface area (Å²) in [6, 6.07) is 8.04. The van der Waals surface area contributed by atoms with Gasteiger partial charge in [-0.2, -0.15) is 0 Å². The first-order chi connectivity index (χ1) is 9.95. The van der Waals surface area contributed by atoms with E-state index >= 15 is 0 Å². The molecule has 0 saturated heterocycles. The molecule has 0 fully saturated rings. The summed E-state index contributed by atoms with van der Waals surface area (Å²) in [5.74, 6) is -1.77. The van der Waals surface area contributed by atoms with Gasteiger partial charge in [0.2, 0.25) is 0 Å². The van der Waals surface area contributed by atoms with Crippen molar-refractivity contribution in [2.45, 2.75) is 6.92 Å². The minimum atomic E-state index is -0.850. The number of rotatable bonds is 4. The number of nitrogens with one attached hydrogen (secondary N) is 1. The molecule has 0 atom stereocenters. The molecule has 0 bridgehead atoms. The van der Waals surface area contributed by atoms with Crippen molar-refractivity contribution >= 4 is 23.2 Å². The highest BCUT2D eigenvalue weighted by atomic mass is 35.5. The van der Waals surface area contributed by atoms with Gasteiger partial charge in [-0.3, -0.25) is 4.79 Å². The monoisotopic (exact) mass is 311 g/mol. The Bertz CT molecular complexity index is 677. The van der Waals surface area contributed by atoms with Crippen molar-refractivity contribution in [3.05, 3.63) is 58.6 Å². The van der Waals surface area contributed by atoms with E-state index in [0.29, 0.717) is 16.8 Å². The lowest BCUT2D eigenvalue weighted by molar-refractivity contribution is -0.118. The number of hydrogen-bond donors (Lipinski definition) is 1. The van der Waals surface area contributed by atoms with E-state index < -0.39 is 17.5 Å². The van der Waals surface area contributed by atoms with Crippen LogP contribution in [0, 0.1) is 18.6 Å². The Kier molecular flexibility index (Phi) is 4.75. The molecule has 0 aliphatic heterocycles.